The molecular weight excluding hydrogens is 469 g/mol. The Labute approximate surface area is 219 Å². The number of halogens is 1. The quantitative estimate of drug-likeness (QED) is 0.281. The standard InChI is InChI=1S/C30H38FN3O3/c1-20(2)33-23-14-15-26(31)25(18-23)29(36)34-27(16-21-10-7-6-8-11-21)28(35)19-32-30(3,4)22-12-9-13-24(17-22)37-5/h6-15,17-18,20,27-28,32-33,35H,16,19H2,1-5H3,(H,34,36)/t27-,28+/m0/s1. The molecule has 3 rings (SSSR count). The minimum absolute atomic E-state index is 0.0689. The van der Waals surface area contributed by atoms with Crippen LogP contribution in [-0.4, -0.2) is 42.9 Å². The lowest BCUT2D eigenvalue weighted by Gasteiger charge is -2.31. The van der Waals surface area contributed by atoms with Crippen molar-refractivity contribution in [3.05, 3.63) is 95.3 Å². The van der Waals surface area contributed by atoms with E-state index in [2.05, 4.69) is 16.0 Å². The summed E-state index contributed by atoms with van der Waals surface area (Å²) in [4.78, 5) is 13.2. The maximum Gasteiger partial charge on any atom is 0.254 e. The van der Waals surface area contributed by atoms with Crippen LogP contribution < -0.4 is 20.7 Å². The van der Waals surface area contributed by atoms with Crippen LogP contribution in [0.25, 0.3) is 0 Å². The predicted octanol–water partition coefficient (Wildman–Crippen LogP) is 4.88. The smallest absolute Gasteiger partial charge is 0.254 e. The van der Waals surface area contributed by atoms with Gasteiger partial charge in [0, 0.05) is 23.8 Å². The van der Waals surface area contributed by atoms with Gasteiger partial charge in [-0.3, -0.25) is 4.79 Å². The van der Waals surface area contributed by atoms with Crippen LogP contribution in [0.5, 0.6) is 5.75 Å². The number of aliphatic hydroxyl groups is 1. The van der Waals surface area contributed by atoms with Crippen LogP contribution in [-0.2, 0) is 12.0 Å². The Hall–Kier alpha value is -3.42. The van der Waals surface area contributed by atoms with E-state index in [4.69, 9.17) is 4.74 Å². The molecular formula is C30H38FN3O3. The molecule has 3 aromatic carbocycles. The Balaban J connectivity index is 1.78. The summed E-state index contributed by atoms with van der Waals surface area (Å²) in [6.07, 6.45) is -0.547. The molecule has 0 unspecified atom stereocenters. The molecule has 0 aliphatic rings. The van der Waals surface area contributed by atoms with Crippen LogP contribution in [0.1, 0.15) is 49.2 Å². The Morgan fingerprint density at radius 3 is 2.43 bits per heavy atom. The summed E-state index contributed by atoms with van der Waals surface area (Å²) in [5, 5.41) is 20.7. The number of hydrogen-bond acceptors (Lipinski definition) is 5. The van der Waals surface area contributed by atoms with Crippen LogP contribution >= 0.6 is 0 Å². The fraction of sp³-hybridized carbons (Fsp3) is 0.367. The number of carbonyl (C=O) groups is 1. The third kappa shape index (κ3) is 8.03. The first-order valence-electron chi connectivity index (χ1n) is 12.6. The van der Waals surface area contributed by atoms with Gasteiger partial charge in [0.2, 0.25) is 0 Å². The number of anilines is 1. The minimum atomic E-state index is -0.936. The van der Waals surface area contributed by atoms with Crippen molar-refractivity contribution < 1.29 is 19.0 Å². The highest BCUT2D eigenvalue weighted by molar-refractivity contribution is 5.95. The lowest BCUT2D eigenvalue weighted by Crippen LogP contribution is -2.51. The average molecular weight is 508 g/mol. The van der Waals surface area contributed by atoms with E-state index < -0.39 is 29.4 Å². The molecule has 4 N–H and O–H groups in total. The monoisotopic (exact) mass is 507 g/mol. The van der Waals surface area contributed by atoms with Gasteiger partial charge in [0.15, 0.2) is 0 Å². The van der Waals surface area contributed by atoms with Crippen molar-refractivity contribution in [2.75, 3.05) is 19.0 Å². The molecule has 0 saturated heterocycles. The van der Waals surface area contributed by atoms with Crippen LogP contribution in [0.2, 0.25) is 0 Å². The van der Waals surface area contributed by atoms with Gasteiger partial charge < -0.3 is 25.8 Å². The molecule has 0 radical (unpaired) electrons. The summed E-state index contributed by atoms with van der Waals surface area (Å²) in [7, 11) is 1.62. The fourth-order valence-electron chi connectivity index (χ4n) is 4.14. The van der Waals surface area contributed by atoms with Crippen LogP contribution in [0, 0.1) is 5.82 Å². The van der Waals surface area contributed by atoms with Gasteiger partial charge in [0.05, 0.1) is 24.8 Å². The third-order valence-corrected chi connectivity index (χ3v) is 6.29. The molecule has 7 heteroatoms. The molecule has 0 spiro atoms. The second kappa shape index (κ2) is 12.7. The molecule has 0 aromatic heterocycles. The largest absolute Gasteiger partial charge is 0.497 e. The zero-order valence-electron chi connectivity index (χ0n) is 22.2. The number of hydrogen-bond donors (Lipinski definition) is 4. The van der Waals surface area contributed by atoms with Crippen LogP contribution in [0.3, 0.4) is 0 Å². The molecule has 0 bridgehead atoms. The van der Waals surface area contributed by atoms with Gasteiger partial charge in [-0.25, -0.2) is 4.39 Å². The first kappa shape index (κ1) is 28.2. The zero-order valence-corrected chi connectivity index (χ0v) is 22.2. The third-order valence-electron chi connectivity index (χ3n) is 6.29. The van der Waals surface area contributed by atoms with Crippen LogP contribution in [0.15, 0.2) is 72.8 Å². The molecule has 1 amide bonds. The van der Waals surface area contributed by atoms with E-state index in [1.54, 1.807) is 13.2 Å². The van der Waals surface area contributed by atoms with E-state index in [0.29, 0.717) is 12.1 Å². The highest BCUT2D eigenvalue weighted by Crippen LogP contribution is 2.24. The van der Waals surface area contributed by atoms with E-state index in [1.807, 2.05) is 82.3 Å². The number of amides is 1. The van der Waals surface area contributed by atoms with Crippen molar-refractivity contribution in [1.82, 2.24) is 10.6 Å². The number of nitrogens with one attached hydrogen (secondary N) is 3. The van der Waals surface area contributed by atoms with Gasteiger partial charge >= 0.3 is 0 Å². The SMILES string of the molecule is COc1cccc(C(C)(C)NC[C@@H](O)[C@H](Cc2ccccc2)NC(=O)c2cc(NC(C)C)ccc2F)c1. The van der Waals surface area contributed by atoms with Gasteiger partial charge in [-0.15, -0.1) is 0 Å². The Kier molecular flexibility index (Phi) is 9.66. The minimum Gasteiger partial charge on any atom is -0.497 e. The summed E-state index contributed by atoms with van der Waals surface area (Å²) in [6.45, 7) is 8.17. The van der Waals surface area contributed by atoms with Gasteiger partial charge in [-0.1, -0.05) is 42.5 Å². The first-order chi connectivity index (χ1) is 17.6. The number of benzene rings is 3. The van der Waals surface area contributed by atoms with Gasteiger partial charge in [0.25, 0.3) is 5.91 Å². The number of aliphatic hydroxyl groups excluding tert-OH is 1. The average Bonchev–Trinajstić information content (AvgIpc) is 2.88. The molecule has 0 aliphatic heterocycles. The molecule has 0 saturated carbocycles. The Morgan fingerprint density at radius 2 is 1.76 bits per heavy atom. The number of rotatable bonds is 12. The van der Waals surface area contributed by atoms with Crippen molar-refractivity contribution >= 4 is 11.6 Å². The highest BCUT2D eigenvalue weighted by atomic mass is 19.1. The first-order valence-corrected chi connectivity index (χ1v) is 12.6. The number of methoxy groups -OCH3 is 1. The predicted molar refractivity (Wildman–Crippen MR) is 147 cm³/mol. The van der Waals surface area contributed by atoms with Gasteiger partial charge in [0.1, 0.15) is 11.6 Å². The normalized spacial score (nSPS) is 13.2. The van der Waals surface area contributed by atoms with Gasteiger partial charge in [-0.05, 0) is 75.6 Å². The molecule has 37 heavy (non-hydrogen) atoms. The van der Waals surface area contributed by atoms with Crippen molar-refractivity contribution in [3.63, 3.8) is 0 Å². The molecule has 198 valence electrons. The summed E-state index contributed by atoms with van der Waals surface area (Å²) >= 11 is 0. The maximum atomic E-state index is 14.6. The lowest BCUT2D eigenvalue weighted by molar-refractivity contribution is 0.0810. The molecule has 0 fully saturated rings. The number of carbonyl (C=O) groups excluding carboxylic acids is 1. The highest BCUT2D eigenvalue weighted by Gasteiger charge is 2.27. The number of ether oxygens (including phenoxy) is 1. The second-order valence-electron chi connectivity index (χ2n) is 10.1. The topological polar surface area (TPSA) is 82.6 Å². The fourth-order valence-corrected chi connectivity index (χ4v) is 4.14. The van der Waals surface area contributed by atoms with E-state index in [9.17, 15) is 14.3 Å². The summed E-state index contributed by atoms with van der Waals surface area (Å²) < 4.78 is 20.0. The molecule has 3 aromatic rings. The van der Waals surface area contributed by atoms with E-state index >= 15 is 0 Å². The van der Waals surface area contributed by atoms with Crippen molar-refractivity contribution in [3.8, 4) is 5.75 Å². The van der Waals surface area contributed by atoms with E-state index in [1.165, 1.54) is 12.1 Å². The Morgan fingerprint density at radius 1 is 1.03 bits per heavy atom. The van der Waals surface area contributed by atoms with Gasteiger partial charge in [-0.2, -0.15) is 0 Å². The van der Waals surface area contributed by atoms with E-state index in [-0.39, 0.29) is 18.2 Å². The molecule has 0 heterocycles. The van der Waals surface area contributed by atoms with E-state index in [0.717, 1.165) is 16.9 Å². The van der Waals surface area contributed by atoms with Crippen LogP contribution in [0.4, 0.5) is 10.1 Å². The van der Waals surface area contributed by atoms with Crippen molar-refractivity contribution in [2.45, 2.75) is 57.8 Å². The van der Waals surface area contributed by atoms with Crippen molar-refractivity contribution in [2.24, 2.45) is 0 Å². The molecule has 2 atom stereocenters. The summed E-state index contributed by atoms with van der Waals surface area (Å²) in [5.74, 6) is -0.438. The molecule has 0 aliphatic carbocycles. The lowest BCUT2D eigenvalue weighted by atomic mass is 9.93. The second-order valence-corrected chi connectivity index (χ2v) is 10.1. The summed E-state index contributed by atoms with van der Waals surface area (Å²) in [6, 6.07) is 21.2. The molecule has 6 nitrogen and oxygen atoms in total. The Bertz CT molecular complexity index is 1170. The summed E-state index contributed by atoms with van der Waals surface area (Å²) in [5.41, 5.74) is 2.07. The maximum absolute atomic E-state index is 14.6. The van der Waals surface area contributed by atoms with Crippen molar-refractivity contribution in [1.29, 1.82) is 0 Å². The zero-order chi connectivity index (χ0) is 27.0.